The lowest BCUT2D eigenvalue weighted by Gasteiger charge is -2.29. The molecule has 0 spiro atoms. The molecule has 0 aromatic rings. The average Bonchev–Trinajstić information content (AvgIpc) is 2.16. The van der Waals surface area contributed by atoms with Gasteiger partial charge in [-0.25, -0.2) is 0 Å². The molecule has 1 unspecified atom stereocenters. The Balaban J connectivity index is 2.09. The molecule has 0 aromatic carbocycles. The van der Waals surface area contributed by atoms with Crippen LogP contribution in [-0.4, -0.2) is 61.5 Å². The van der Waals surface area contributed by atoms with Crippen molar-refractivity contribution in [1.29, 1.82) is 0 Å². The monoisotopic (exact) mass is 202 g/mol. The summed E-state index contributed by atoms with van der Waals surface area (Å²) in [7, 11) is 0. The second-order valence-electron chi connectivity index (χ2n) is 4.07. The van der Waals surface area contributed by atoms with E-state index < -0.39 is 0 Å². The predicted octanol–water partition coefficient (Wildman–Crippen LogP) is -0.322. The Morgan fingerprint density at radius 2 is 2.00 bits per heavy atom. The third kappa shape index (κ3) is 4.91. The van der Waals surface area contributed by atoms with E-state index in [9.17, 15) is 0 Å². The van der Waals surface area contributed by atoms with Crippen molar-refractivity contribution >= 4 is 0 Å². The number of nitrogens with one attached hydrogen (secondary N) is 1. The second kappa shape index (κ2) is 6.35. The van der Waals surface area contributed by atoms with Crippen LogP contribution in [0.3, 0.4) is 0 Å². The molecule has 0 amide bonds. The standard InChI is InChI=1S/C10H22N2O2/c1-9(11-7-10(2)13)8-12-3-5-14-6-4-12/h9-11,13H,3-8H2,1-2H3/t9?,10-/m1/s1. The number of aliphatic hydroxyl groups excluding tert-OH is 1. The molecule has 1 heterocycles. The third-order valence-corrected chi connectivity index (χ3v) is 2.40. The Morgan fingerprint density at radius 3 is 2.57 bits per heavy atom. The van der Waals surface area contributed by atoms with Crippen molar-refractivity contribution in [2.24, 2.45) is 0 Å². The Bertz CT molecular complexity index is 147. The number of hydrogen-bond donors (Lipinski definition) is 2. The lowest BCUT2D eigenvalue weighted by atomic mass is 10.2. The predicted molar refractivity (Wildman–Crippen MR) is 56.4 cm³/mol. The van der Waals surface area contributed by atoms with E-state index in [0.29, 0.717) is 12.6 Å². The van der Waals surface area contributed by atoms with Crippen LogP contribution in [0, 0.1) is 0 Å². The molecule has 1 rings (SSSR count). The smallest absolute Gasteiger partial charge is 0.0636 e. The Hall–Kier alpha value is -0.160. The van der Waals surface area contributed by atoms with E-state index >= 15 is 0 Å². The molecule has 0 bridgehead atoms. The highest BCUT2D eigenvalue weighted by Crippen LogP contribution is 1.98. The summed E-state index contributed by atoms with van der Waals surface area (Å²) in [5, 5.41) is 12.4. The van der Waals surface area contributed by atoms with Crippen molar-refractivity contribution in [1.82, 2.24) is 10.2 Å². The van der Waals surface area contributed by atoms with Crippen molar-refractivity contribution in [2.75, 3.05) is 39.4 Å². The topological polar surface area (TPSA) is 44.7 Å². The van der Waals surface area contributed by atoms with Gasteiger partial charge in [0, 0.05) is 32.2 Å². The SMILES string of the molecule is CC(CN1CCOCC1)NC[C@@H](C)O. The molecular formula is C10H22N2O2. The zero-order valence-corrected chi connectivity index (χ0v) is 9.20. The molecule has 1 aliphatic rings. The van der Waals surface area contributed by atoms with Gasteiger partial charge < -0.3 is 15.2 Å². The van der Waals surface area contributed by atoms with E-state index in [1.807, 2.05) is 0 Å². The molecule has 0 radical (unpaired) electrons. The van der Waals surface area contributed by atoms with Crippen molar-refractivity contribution in [3.05, 3.63) is 0 Å². The summed E-state index contributed by atoms with van der Waals surface area (Å²) >= 11 is 0. The zero-order chi connectivity index (χ0) is 10.4. The molecule has 1 saturated heterocycles. The molecule has 0 aromatic heterocycles. The van der Waals surface area contributed by atoms with Crippen molar-refractivity contribution in [3.63, 3.8) is 0 Å². The van der Waals surface area contributed by atoms with Crippen LogP contribution in [0.1, 0.15) is 13.8 Å². The summed E-state index contributed by atoms with van der Waals surface area (Å²) in [4.78, 5) is 2.39. The highest BCUT2D eigenvalue weighted by Gasteiger charge is 2.13. The van der Waals surface area contributed by atoms with Crippen LogP contribution in [0.15, 0.2) is 0 Å². The van der Waals surface area contributed by atoms with Gasteiger partial charge in [-0.2, -0.15) is 0 Å². The van der Waals surface area contributed by atoms with E-state index in [0.717, 1.165) is 32.8 Å². The molecule has 0 aliphatic carbocycles. The maximum Gasteiger partial charge on any atom is 0.0636 e. The summed E-state index contributed by atoms with van der Waals surface area (Å²) in [6.45, 7) is 9.42. The van der Waals surface area contributed by atoms with Gasteiger partial charge in [-0.3, -0.25) is 4.90 Å². The Kier molecular flexibility index (Phi) is 5.40. The van der Waals surface area contributed by atoms with Gasteiger partial charge in [0.2, 0.25) is 0 Å². The van der Waals surface area contributed by atoms with Crippen LogP contribution in [0.5, 0.6) is 0 Å². The van der Waals surface area contributed by atoms with Crippen LogP contribution in [0.25, 0.3) is 0 Å². The molecular weight excluding hydrogens is 180 g/mol. The first-order valence-electron chi connectivity index (χ1n) is 5.40. The summed E-state index contributed by atoms with van der Waals surface area (Å²) in [6, 6.07) is 0.433. The molecule has 4 nitrogen and oxygen atoms in total. The summed E-state index contributed by atoms with van der Waals surface area (Å²) in [5.41, 5.74) is 0. The first kappa shape index (κ1) is 11.9. The summed E-state index contributed by atoms with van der Waals surface area (Å²) in [6.07, 6.45) is -0.262. The van der Waals surface area contributed by atoms with Gasteiger partial charge in [-0.05, 0) is 13.8 Å². The zero-order valence-electron chi connectivity index (χ0n) is 9.20. The summed E-state index contributed by atoms with van der Waals surface area (Å²) in [5.74, 6) is 0. The minimum atomic E-state index is -0.262. The Labute approximate surface area is 86.2 Å². The number of aliphatic hydroxyl groups is 1. The quantitative estimate of drug-likeness (QED) is 0.641. The number of morpholine rings is 1. The second-order valence-corrected chi connectivity index (χ2v) is 4.07. The molecule has 1 fully saturated rings. The minimum absolute atomic E-state index is 0.262. The number of nitrogens with zero attached hydrogens (tertiary/aromatic N) is 1. The number of hydrogen-bond acceptors (Lipinski definition) is 4. The van der Waals surface area contributed by atoms with E-state index in [4.69, 9.17) is 9.84 Å². The van der Waals surface area contributed by atoms with Crippen LogP contribution in [-0.2, 0) is 4.74 Å². The minimum Gasteiger partial charge on any atom is -0.392 e. The molecule has 1 aliphatic heterocycles. The van der Waals surface area contributed by atoms with Gasteiger partial charge in [0.05, 0.1) is 19.3 Å². The maximum absolute atomic E-state index is 9.11. The number of rotatable bonds is 5. The van der Waals surface area contributed by atoms with Crippen LogP contribution >= 0.6 is 0 Å². The Morgan fingerprint density at radius 1 is 1.36 bits per heavy atom. The number of ether oxygens (including phenoxy) is 1. The molecule has 2 N–H and O–H groups in total. The van der Waals surface area contributed by atoms with Crippen molar-refractivity contribution < 1.29 is 9.84 Å². The first-order valence-corrected chi connectivity index (χ1v) is 5.40. The lowest BCUT2D eigenvalue weighted by Crippen LogP contribution is -2.45. The highest BCUT2D eigenvalue weighted by molar-refractivity contribution is 4.70. The fourth-order valence-corrected chi connectivity index (χ4v) is 1.61. The van der Waals surface area contributed by atoms with E-state index in [-0.39, 0.29) is 6.10 Å². The van der Waals surface area contributed by atoms with Crippen LogP contribution < -0.4 is 5.32 Å². The van der Waals surface area contributed by atoms with Gasteiger partial charge in [-0.1, -0.05) is 0 Å². The molecule has 84 valence electrons. The van der Waals surface area contributed by atoms with Crippen LogP contribution in [0.4, 0.5) is 0 Å². The van der Waals surface area contributed by atoms with Gasteiger partial charge in [0.1, 0.15) is 0 Å². The van der Waals surface area contributed by atoms with Gasteiger partial charge in [0.15, 0.2) is 0 Å². The fraction of sp³-hybridized carbons (Fsp3) is 1.00. The van der Waals surface area contributed by atoms with Crippen LogP contribution in [0.2, 0.25) is 0 Å². The largest absolute Gasteiger partial charge is 0.392 e. The van der Waals surface area contributed by atoms with Crippen molar-refractivity contribution in [2.45, 2.75) is 26.0 Å². The average molecular weight is 202 g/mol. The van der Waals surface area contributed by atoms with E-state index in [1.54, 1.807) is 6.92 Å². The molecule has 0 saturated carbocycles. The molecule has 4 heteroatoms. The highest BCUT2D eigenvalue weighted by atomic mass is 16.5. The van der Waals surface area contributed by atoms with Gasteiger partial charge >= 0.3 is 0 Å². The van der Waals surface area contributed by atoms with Crippen molar-refractivity contribution in [3.8, 4) is 0 Å². The van der Waals surface area contributed by atoms with E-state index in [1.165, 1.54) is 0 Å². The molecule has 14 heavy (non-hydrogen) atoms. The molecule has 2 atom stereocenters. The lowest BCUT2D eigenvalue weighted by molar-refractivity contribution is 0.0338. The normalized spacial score (nSPS) is 23.4. The van der Waals surface area contributed by atoms with Gasteiger partial charge in [0.25, 0.3) is 0 Å². The maximum atomic E-state index is 9.11. The third-order valence-electron chi connectivity index (χ3n) is 2.40. The first-order chi connectivity index (χ1) is 6.68. The van der Waals surface area contributed by atoms with E-state index in [2.05, 4.69) is 17.1 Å². The van der Waals surface area contributed by atoms with Gasteiger partial charge in [-0.15, -0.1) is 0 Å². The summed E-state index contributed by atoms with van der Waals surface area (Å²) < 4.78 is 5.28. The fourth-order valence-electron chi connectivity index (χ4n) is 1.61.